The number of ether oxygens (including phenoxy) is 2. The van der Waals surface area contributed by atoms with Crippen LogP contribution in [-0.2, 0) is 11.3 Å². The molecule has 2 aromatic carbocycles. The van der Waals surface area contributed by atoms with Gasteiger partial charge in [-0.1, -0.05) is 18.6 Å². The van der Waals surface area contributed by atoms with Crippen LogP contribution in [0, 0.1) is 17.0 Å². The fraction of sp³-hybridized carbons (Fsp3) is 0.444. The van der Waals surface area contributed by atoms with Gasteiger partial charge in [0.1, 0.15) is 5.75 Å². The molecule has 8 heteroatoms. The van der Waals surface area contributed by atoms with Crippen LogP contribution >= 0.6 is 0 Å². The molecule has 35 heavy (non-hydrogen) atoms. The molecule has 0 bridgehead atoms. The number of hydrogen-bond acceptors (Lipinski definition) is 6. The first-order valence-electron chi connectivity index (χ1n) is 12.4. The summed E-state index contributed by atoms with van der Waals surface area (Å²) in [5, 5.41) is 12.0. The summed E-state index contributed by atoms with van der Waals surface area (Å²) in [7, 11) is 0. The topological polar surface area (TPSA) is 86.8 Å². The van der Waals surface area contributed by atoms with Crippen LogP contribution < -0.4 is 4.74 Å². The standard InChI is InChI=1S/C27H33N3O5/c1-3-34-27(31)26-20(2)29(19-21-9-7-10-22(17-21)30(32)33)25-12-11-23(18-24(25)26)35-16-8-15-28-13-5-4-6-14-28/h7,9-12,17-18H,3-6,8,13-16,19H2,1-2H3. The van der Waals surface area contributed by atoms with Crippen molar-refractivity contribution < 1.29 is 19.2 Å². The van der Waals surface area contributed by atoms with Crippen molar-refractivity contribution in [3.05, 3.63) is 69.4 Å². The number of carbonyl (C=O) groups excluding carboxylic acids is 1. The molecule has 1 saturated heterocycles. The predicted octanol–water partition coefficient (Wildman–Crippen LogP) is 5.34. The van der Waals surface area contributed by atoms with Crippen LogP contribution in [0.4, 0.5) is 5.69 Å². The first-order valence-corrected chi connectivity index (χ1v) is 12.4. The number of rotatable bonds is 10. The summed E-state index contributed by atoms with van der Waals surface area (Å²) in [6.45, 7) is 8.34. The molecule has 0 spiro atoms. The van der Waals surface area contributed by atoms with Crippen LogP contribution in [0.25, 0.3) is 10.9 Å². The quantitative estimate of drug-likeness (QED) is 0.169. The van der Waals surface area contributed by atoms with E-state index >= 15 is 0 Å². The highest BCUT2D eigenvalue weighted by molar-refractivity contribution is 6.06. The fourth-order valence-electron chi connectivity index (χ4n) is 4.83. The van der Waals surface area contributed by atoms with Crippen LogP contribution in [-0.4, -0.2) is 53.2 Å². The second-order valence-electron chi connectivity index (χ2n) is 8.98. The van der Waals surface area contributed by atoms with Gasteiger partial charge in [-0.25, -0.2) is 4.79 Å². The first kappa shape index (κ1) is 24.7. The van der Waals surface area contributed by atoms with Gasteiger partial charge in [0.05, 0.1) is 23.7 Å². The number of hydrogen-bond donors (Lipinski definition) is 0. The molecule has 0 saturated carbocycles. The summed E-state index contributed by atoms with van der Waals surface area (Å²) < 4.78 is 13.4. The molecule has 0 N–H and O–H groups in total. The average Bonchev–Trinajstić information content (AvgIpc) is 3.13. The summed E-state index contributed by atoms with van der Waals surface area (Å²) >= 11 is 0. The minimum Gasteiger partial charge on any atom is -0.494 e. The van der Waals surface area contributed by atoms with E-state index in [1.54, 1.807) is 19.1 Å². The van der Waals surface area contributed by atoms with E-state index in [4.69, 9.17) is 9.47 Å². The van der Waals surface area contributed by atoms with Crippen molar-refractivity contribution >= 4 is 22.6 Å². The minimum atomic E-state index is -0.400. The second-order valence-corrected chi connectivity index (χ2v) is 8.98. The van der Waals surface area contributed by atoms with Gasteiger partial charge < -0.3 is 18.9 Å². The number of carbonyl (C=O) groups is 1. The highest BCUT2D eigenvalue weighted by Crippen LogP contribution is 2.31. The van der Waals surface area contributed by atoms with Gasteiger partial charge >= 0.3 is 5.97 Å². The van der Waals surface area contributed by atoms with Crippen molar-refractivity contribution in [3.8, 4) is 5.75 Å². The summed E-state index contributed by atoms with van der Waals surface area (Å²) in [6.07, 6.45) is 4.84. The van der Waals surface area contributed by atoms with E-state index in [1.165, 1.54) is 38.4 Å². The van der Waals surface area contributed by atoms with Gasteiger partial charge in [-0.2, -0.15) is 0 Å². The molecule has 0 radical (unpaired) electrons. The number of nitro groups is 1. The molecule has 1 aliphatic heterocycles. The van der Waals surface area contributed by atoms with E-state index in [1.807, 2.05) is 35.8 Å². The molecule has 4 rings (SSSR count). The minimum absolute atomic E-state index is 0.0440. The molecule has 8 nitrogen and oxygen atoms in total. The highest BCUT2D eigenvalue weighted by Gasteiger charge is 2.22. The van der Waals surface area contributed by atoms with Crippen LogP contribution in [0.2, 0.25) is 0 Å². The Morgan fingerprint density at radius 1 is 1.11 bits per heavy atom. The van der Waals surface area contributed by atoms with Crippen LogP contribution in [0.3, 0.4) is 0 Å². The van der Waals surface area contributed by atoms with Gasteiger partial charge in [-0.3, -0.25) is 10.1 Å². The number of fused-ring (bicyclic) bond motifs is 1. The number of esters is 1. The molecule has 1 fully saturated rings. The Morgan fingerprint density at radius 2 is 1.91 bits per heavy atom. The molecule has 186 valence electrons. The normalized spacial score (nSPS) is 14.2. The summed E-state index contributed by atoms with van der Waals surface area (Å²) in [4.78, 5) is 26.2. The second kappa shape index (κ2) is 11.4. The maximum Gasteiger partial charge on any atom is 0.340 e. The van der Waals surface area contributed by atoms with Crippen molar-refractivity contribution in [2.75, 3.05) is 32.8 Å². The third kappa shape index (κ3) is 5.82. The van der Waals surface area contributed by atoms with Crippen LogP contribution in [0.5, 0.6) is 5.75 Å². The number of piperidine rings is 1. The third-order valence-corrected chi connectivity index (χ3v) is 6.57. The molecule has 3 aromatic rings. The first-order chi connectivity index (χ1) is 17.0. The number of non-ortho nitro benzene ring substituents is 1. The number of nitrogens with zero attached hydrogens (tertiary/aromatic N) is 3. The lowest BCUT2D eigenvalue weighted by atomic mass is 10.1. The Kier molecular flexibility index (Phi) is 8.02. The predicted molar refractivity (Wildman–Crippen MR) is 135 cm³/mol. The Morgan fingerprint density at radius 3 is 2.66 bits per heavy atom. The number of likely N-dealkylation sites (tertiary alicyclic amines) is 1. The number of aromatic nitrogens is 1. The molecule has 1 aromatic heterocycles. The maximum absolute atomic E-state index is 12.9. The average molecular weight is 480 g/mol. The van der Waals surface area contributed by atoms with Crippen molar-refractivity contribution in [1.29, 1.82) is 0 Å². The van der Waals surface area contributed by atoms with E-state index < -0.39 is 4.92 Å². The van der Waals surface area contributed by atoms with Crippen molar-refractivity contribution in [3.63, 3.8) is 0 Å². The lowest BCUT2D eigenvalue weighted by Gasteiger charge is -2.26. The number of benzene rings is 2. The summed E-state index contributed by atoms with van der Waals surface area (Å²) in [5.74, 6) is 0.337. The van der Waals surface area contributed by atoms with Gasteiger partial charge in [0.15, 0.2) is 0 Å². The van der Waals surface area contributed by atoms with Gasteiger partial charge in [-0.05, 0) is 70.0 Å². The van der Waals surface area contributed by atoms with E-state index in [-0.39, 0.29) is 18.3 Å². The molecule has 2 heterocycles. The maximum atomic E-state index is 12.9. The van der Waals surface area contributed by atoms with Gasteiger partial charge in [0.25, 0.3) is 5.69 Å². The van der Waals surface area contributed by atoms with E-state index in [0.717, 1.165) is 35.1 Å². The lowest BCUT2D eigenvalue weighted by molar-refractivity contribution is -0.384. The molecule has 0 unspecified atom stereocenters. The Hall–Kier alpha value is -3.39. The Balaban J connectivity index is 1.57. The SMILES string of the molecule is CCOC(=O)c1c(C)n(Cc2cccc([N+](=O)[O-])c2)c2ccc(OCCCN3CCCCC3)cc12. The van der Waals surface area contributed by atoms with Crippen LogP contribution in [0.1, 0.15) is 54.2 Å². The van der Waals surface area contributed by atoms with Gasteiger partial charge in [0, 0.05) is 41.8 Å². The smallest absolute Gasteiger partial charge is 0.340 e. The molecule has 0 aliphatic carbocycles. The van der Waals surface area contributed by atoms with Crippen molar-refractivity contribution in [2.24, 2.45) is 0 Å². The van der Waals surface area contributed by atoms with Crippen LogP contribution in [0.15, 0.2) is 42.5 Å². The molecular weight excluding hydrogens is 446 g/mol. The van der Waals surface area contributed by atoms with E-state index in [9.17, 15) is 14.9 Å². The molecule has 0 atom stereocenters. The molecule has 0 amide bonds. The largest absolute Gasteiger partial charge is 0.494 e. The van der Waals surface area contributed by atoms with E-state index in [0.29, 0.717) is 24.5 Å². The zero-order valence-electron chi connectivity index (χ0n) is 20.5. The fourth-order valence-corrected chi connectivity index (χ4v) is 4.83. The summed E-state index contributed by atoms with van der Waals surface area (Å²) in [5.41, 5.74) is 2.95. The number of nitro benzene ring substituents is 1. The van der Waals surface area contributed by atoms with Crippen molar-refractivity contribution in [1.82, 2.24) is 9.47 Å². The highest BCUT2D eigenvalue weighted by atomic mass is 16.6. The van der Waals surface area contributed by atoms with Crippen molar-refractivity contribution in [2.45, 2.75) is 46.1 Å². The Labute approximate surface area is 205 Å². The zero-order chi connectivity index (χ0) is 24.8. The Bertz CT molecular complexity index is 1200. The summed E-state index contributed by atoms with van der Waals surface area (Å²) in [6, 6.07) is 12.3. The van der Waals surface area contributed by atoms with E-state index in [2.05, 4.69) is 4.90 Å². The molecule has 1 aliphatic rings. The van der Waals surface area contributed by atoms with Gasteiger partial charge in [0.2, 0.25) is 0 Å². The monoisotopic (exact) mass is 479 g/mol. The van der Waals surface area contributed by atoms with Gasteiger partial charge in [-0.15, -0.1) is 0 Å². The third-order valence-electron chi connectivity index (χ3n) is 6.57. The zero-order valence-corrected chi connectivity index (χ0v) is 20.5. The molecular formula is C27H33N3O5. The lowest BCUT2D eigenvalue weighted by Crippen LogP contribution is -2.31.